The summed E-state index contributed by atoms with van der Waals surface area (Å²) in [7, 11) is 0. The minimum absolute atomic E-state index is 0.819. The normalized spacial score (nSPS) is 18.5. The van der Waals surface area contributed by atoms with Crippen LogP contribution in [0.25, 0.3) is 10.8 Å². The Hall–Kier alpha value is -1.30. The van der Waals surface area contributed by atoms with E-state index in [1.54, 1.807) is 11.1 Å². The van der Waals surface area contributed by atoms with Gasteiger partial charge in [0.05, 0.1) is 0 Å². The maximum Gasteiger partial charge on any atom is -0.0159 e. The zero-order valence-corrected chi connectivity index (χ0v) is 12.0. The van der Waals surface area contributed by atoms with E-state index in [1.807, 2.05) is 0 Å². The molecular formula is C19H24. The van der Waals surface area contributed by atoms with Crippen LogP contribution in [-0.4, -0.2) is 0 Å². The first kappa shape index (κ1) is 12.7. The van der Waals surface area contributed by atoms with Crippen molar-refractivity contribution in [1.82, 2.24) is 0 Å². The fourth-order valence-corrected chi connectivity index (χ4v) is 3.54. The first-order valence-corrected chi connectivity index (χ1v) is 7.90. The third-order valence-corrected chi connectivity index (χ3v) is 4.60. The van der Waals surface area contributed by atoms with Crippen molar-refractivity contribution in [2.75, 3.05) is 0 Å². The highest BCUT2D eigenvalue weighted by Crippen LogP contribution is 2.37. The summed E-state index contributed by atoms with van der Waals surface area (Å²) in [4.78, 5) is 0. The van der Waals surface area contributed by atoms with Crippen LogP contribution in [0.3, 0.4) is 0 Å². The highest BCUT2D eigenvalue weighted by atomic mass is 14.2. The van der Waals surface area contributed by atoms with E-state index in [4.69, 9.17) is 0 Å². The van der Waals surface area contributed by atoms with Crippen LogP contribution in [0.1, 0.15) is 62.5 Å². The Bertz CT molecular complexity index is 553. The van der Waals surface area contributed by atoms with Gasteiger partial charge in [-0.05, 0) is 53.5 Å². The van der Waals surface area contributed by atoms with E-state index in [1.165, 1.54) is 55.7 Å². The predicted octanol–water partition coefficient (Wildman–Crippen LogP) is 5.84. The smallest absolute Gasteiger partial charge is 0.0159 e. The van der Waals surface area contributed by atoms with Crippen molar-refractivity contribution in [3.63, 3.8) is 0 Å². The highest BCUT2D eigenvalue weighted by molar-refractivity contribution is 5.84. The first-order valence-electron chi connectivity index (χ1n) is 7.90. The van der Waals surface area contributed by atoms with Gasteiger partial charge in [-0.3, -0.25) is 0 Å². The van der Waals surface area contributed by atoms with Crippen LogP contribution >= 0.6 is 0 Å². The molecule has 2 aromatic rings. The minimum Gasteiger partial charge on any atom is -0.0654 e. The lowest BCUT2D eigenvalue weighted by atomic mass is 9.79. The Labute approximate surface area is 116 Å². The Balaban J connectivity index is 1.91. The lowest BCUT2D eigenvalue weighted by molar-refractivity contribution is 0.494. The second kappa shape index (κ2) is 5.77. The van der Waals surface area contributed by atoms with Gasteiger partial charge >= 0.3 is 0 Å². The lowest BCUT2D eigenvalue weighted by Crippen LogP contribution is -2.10. The fourth-order valence-electron chi connectivity index (χ4n) is 3.54. The number of fused-ring (bicyclic) bond motifs is 2. The van der Waals surface area contributed by atoms with Gasteiger partial charge in [0.2, 0.25) is 0 Å². The molecule has 0 amide bonds. The molecule has 0 nitrogen and oxygen atoms in total. The van der Waals surface area contributed by atoms with Crippen molar-refractivity contribution in [3.05, 3.63) is 47.5 Å². The molecule has 0 heterocycles. The van der Waals surface area contributed by atoms with E-state index < -0.39 is 0 Å². The minimum atomic E-state index is 0.819. The van der Waals surface area contributed by atoms with Gasteiger partial charge in [-0.1, -0.05) is 62.6 Å². The number of hydrogen-bond acceptors (Lipinski definition) is 0. The molecule has 0 spiro atoms. The number of unbranched alkanes of at least 4 members (excludes halogenated alkanes) is 2. The van der Waals surface area contributed by atoms with Crippen LogP contribution in [0.15, 0.2) is 36.4 Å². The second-order valence-corrected chi connectivity index (χ2v) is 5.98. The molecule has 19 heavy (non-hydrogen) atoms. The van der Waals surface area contributed by atoms with Crippen LogP contribution in [0.2, 0.25) is 0 Å². The van der Waals surface area contributed by atoms with Gasteiger partial charge in [0.15, 0.2) is 0 Å². The summed E-state index contributed by atoms with van der Waals surface area (Å²) in [5.74, 6) is 0.819. The molecule has 0 bridgehead atoms. The topological polar surface area (TPSA) is 0 Å². The Morgan fingerprint density at radius 3 is 2.63 bits per heavy atom. The summed E-state index contributed by atoms with van der Waals surface area (Å²) in [6, 6.07) is 13.7. The highest BCUT2D eigenvalue weighted by Gasteiger charge is 2.20. The quantitative estimate of drug-likeness (QED) is 0.600. The monoisotopic (exact) mass is 252 g/mol. The molecule has 0 saturated heterocycles. The first-order chi connectivity index (χ1) is 9.38. The third-order valence-electron chi connectivity index (χ3n) is 4.60. The summed E-state index contributed by atoms with van der Waals surface area (Å²) in [6.07, 6.45) is 9.56. The van der Waals surface area contributed by atoms with E-state index in [2.05, 4.69) is 43.3 Å². The third kappa shape index (κ3) is 2.68. The van der Waals surface area contributed by atoms with Gasteiger partial charge in [0, 0.05) is 0 Å². The molecule has 1 aliphatic carbocycles. The standard InChI is InChI=1S/C19H24/c1-2-3-4-8-15-11-7-12-18-13-16-9-5-6-10-17(16)14-19(15)18/h5-6,9-10,13-15H,2-4,7-8,11-12H2,1H3. The van der Waals surface area contributed by atoms with Gasteiger partial charge < -0.3 is 0 Å². The van der Waals surface area contributed by atoms with Crippen LogP contribution in [0, 0.1) is 0 Å². The molecule has 0 aromatic heterocycles. The number of benzene rings is 2. The molecule has 100 valence electrons. The Morgan fingerprint density at radius 1 is 1.05 bits per heavy atom. The van der Waals surface area contributed by atoms with Crippen LogP contribution in [-0.2, 0) is 6.42 Å². The number of hydrogen-bond donors (Lipinski definition) is 0. The van der Waals surface area contributed by atoms with Crippen LogP contribution < -0.4 is 0 Å². The van der Waals surface area contributed by atoms with E-state index in [9.17, 15) is 0 Å². The molecule has 0 heteroatoms. The van der Waals surface area contributed by atoms with Crippen molar-refractivity contribution < 1.29 is 0 Å². The molecule has 0 saturated carbocycles. The lowest BCUT2D eigenvalue weighted by Gasteiger charge is -2.26. The molecule has 1 atom stereocenters. The largest absolute Gasteiger partial charge is 0.0654 e. The molecule has 0 radical (unpaired) electrons. The Kier molecular flexibility index (Phi) is 3.87. The predicted molar refractivity (Wildman–Crippen MR) is 83.8 cm³/mol. The summed E-state index contributed by atoms with van der Waals surface area (Å²) in [5.41, 5.74) is 3.27. The molecular weight excluding hydrogens is 228 g/mol. The number of rotatable bonds is 4. The summed E-state index contributed by atoms with van der Waals surface area (Å²) < 4.78 is 0. The fraction of sp³-hybridized carbons (Fsp3) is 0.474. The maximum absolute atomic E-state index is 2.47. The maximum atomic E-state index is 2.47. The van der Waals surface area contributed by atoms with Crippen molar-refractivity contribution in [2.24, 2.45) is 0 Å². The van der Waals surface area contributed by atoms with Gasteiger partial charge in [-0.2, -0.15) is 0 Å². The summed E-state index contributed by atoms with van der Waals surface area (Å²) in [6.45, 7) is 2.29. The van der Waals surface area contributed by atoms with Crippen molar-refractivity contribution in [1.29, 1.82) is 0 Å². The molecule has 3 rings (SSSR count). The Morgan fingerprint density at radius 2 is 1.84 bits per heavy atom. The van der Waals surface area contributed by atoms with E-state index in [0.29, 0.717) is 0 Å². The second-order valence-electron chi connectivity index (χ2n) is 5.98. The average Bonchev–Trinajstić information content (AvgIpc) is 2.46. The number of aryl methyl sites for hydroxylation is 1. The van der Waals surface area contributed by atoms with Crippen molar-refractivity contribution in [3.8, 4) is 0 Å². The summed E-state index contributed by atoms with van der Waals surface area (Å²) in [5, 5.41) is 2.83. The SMILES string of the molecule is CCCCCC1CCCc2cc3ccccc3cc21. The van der Waals surface area contributed by atoms with Gasteiger partial charge in [-0.15, -0.1) is 0 Å². The van der Waals surface area contributed by atoms with Gasteiger partial charge in [0.1, 0.15) is 0 Å². The van der Waals surface area contributed by atoms with Gasteiger partial charge in [0.25, 0.3) is 0 Å². The zero-order valence-electron chi connectivity index (χ0n) is 12.0. The molecule has 2 aromatic carbocycles. The molecule has 0 fully saturated rings. The average molecular weight is 252 g/mol. The van der Waals surface area contributed by atoms with E-state index >= 15 is 0 Å². The summed E-state index contributed by atoms with van der Waals surface area (Å²) >= 11 is 0. The molecule has 1 aliphatic rings. The molecule has 0 aliphatic heterocycles. The van der Waals surface area contributed by atoms with Crippen molar-refractivity contribution >= 4 is 10.8 Å². The van der Waals surface area contributed by atoms with Gasteiger partial charge in [-0.25, -0.2) is 0 Å². The van der Waals surface area contributed by atoms with E-state index in [0.717, 1.165) is 5.92 Å². The molecule has 1 unspecified atom stereocenters. The molecule has 0 N–H and O–H groups in total. The van der Waals surface area contributed by atoms with E-state index in [-0.39, 0.29) is 0 Å². The zero-order chi connectivity index (χ0) is 13.1. The van der Waals surface area contributed by atoms with Crippen LogP contribution in [0.5, 0.6) is 0 Å². The van der Waals surface area contributed by atoms with Crippen LogP contribution in [0.4, 0.5) is 0 Å². The van der Waals surface area contributed by atoms with Crippen molar-refractivity contribution in [2.45, 2.75) is 57.8 Å².